The Morgan fingerprint density at radius 1 is 1.16 bits per heavy atom. The van der Waals surface area contributed by atoms with Gasteiger partial charge in [0, 0.05) is 18.5 Å². The van der Waals surface area contributed by atoms with Crippen LogP contribution in [0, 0.1) is 0 Å². The Kier molecular flexibility index (Phi) is 6.65. The van der Waals surface area contributed by atoms with E-state index in [9.17, 15) is 9.59 Å². The Hall–Kier alpha value is -3.22. The highest BCUT2D eigenvalue weighted by atomic mass is 16.5. The largest absolute Gasteiger partial charge is 0.497 e. The average Bonchev–Trinajstić information content (AvgIpc) is 2.65. The number of ether oxygens (including phenoxy) is 1. The van der Waals surface area contributed by atoms with Gasteiger partial charge in [0.05, 0.1) is 13.5 Å². The summed E-state index contributed by atoms with van der Waals surface area (Å²) in [5.74, 6) is 0.171. The topological polar surface area (TPSA) is 92.7 Å². The van der Waals surface area contributed by atoms with E-state index in [0.717, 1.165) is 11.3 Å². The number of methoxy groups -OCH3 is 1. The maximum absolute atomic E-state index is 11.9. The summed E-state index contributed by atoms with van der Waals surface area (Å²) in [6.45, 7) is 2.09. The second kappa shape index (κ2) is 9.17. The molecule has 1 heterocycles. The Morgan fingerprint density at radius 3 is 2.56 bits per heavy atom. The third kappa shape index (κ3) is 6.06. The van der Waals surface area contributed by atoms with Crippen LogP contribution in [0.1, 0.15) is 29.4 Å². The maximum atomic E-state index is 11.9. The Morgan fingerprint density at radius 2 is 1.92 bits per heavy atom. The third-order valence-electron chi connectivity index (χ3n) is 3.31. The minimum Gasteiger partial charge on any atom is -0.497 e. The van der Waals surface area contributed by atoms with E-state index < -0.39 is 5.91 Å². The van der Waals surface area contributed by atoms with E-state index in [2.05, 4.69) is 20.8 Å². The summed E-state index contributed by atoms with van der Waals surface area (Å²) >= 11 is 0. The molecule has 0 spiro atoms. The van der Waals surface area contributed by atoms with E-state index in [-0.39, 0.29) is 18.0 Å². The van der Waals surface area contributed by atoms with Gasteiger partial charge in [0.2, 0.25) is 5.91 Å². The number of aromatic nitrogens is 1. The molecular formula is C18H20N4O3. The van der Waals surface area contributed by atoms with Crippen LogP contribution in [0.3, 0.4) is 0 Å². The number of nitrogens with zero attached hydrogens (tertiary/aromatic N) is 2. The zero-order chi connectivity index (χ0) is 18.1. The molecule has 1 aromatic heterocycles. The van der Waals surface area contributed by atoms with Crippen molar-refractivity contribution in [2.45, 2.75) is 19.9 Å². The summed E-state index contributed by atoms with van der Waals surface area (Å²) in [5, 5.41) is 6.72. The van der Waals surface area contributed by atoms with E-state index in [4.69, 9.17) is 4.74 Å². The number of carbonyl (C=O) groups excluding carboxylic acids is 2. The lowest BCUT2D eigenvalue weighted by Gasteiger charge is -2.06. The van der Waals surface area contributed by atoms with Crippen molar-refractivity contribution in [2.75, 3.05) is 7.11 Å². The summed E-state index contributed by atoms with van der Waals surface area (Å²) in [6, 6.07) is 12.5. The SMILES string of the molecule is COc1ccc(CNC(=O)C/C(C)=N\NC(=O)c2ccccn2)cc1. The van der Waals surface area contributed by atoms with Gasteiger partial charge in [-0.15, -0.1) is 0 Å². The summed E-state index contributed by atoms with van der Waals surface area (Å²) in [6.07, 6.45) is 1.62. The molecule has 2 N–H and O–H groups in total. The predicted molar refractivity (Wildman–Crippen MR) is 94.3 cm³/mol. The monoisotopic (exact) mass is 340 g/mol. The molecule has 0 fully saturated rings. The van der Waals surface area contributed by atoms with Crippen molar-refractivity contribution >= 4 is 17.5 Å². The van der Waals surface area contributed by atoms with Crippen LogP contribution >= 0.6 is 0 Å². The normalized spacial score (nSPS) is 10.9. The minimum atomic E-state index is -0.418. The van der Waals surface area contributed by atoms with Gasteiger partial charge in [-0.05, 0) is 36.8 Å². The smallest absolute Gasteiger partial charge is 0.289 e. The van der Waals surface area contributed by atoms with Gasteiger partial charge in [0.25, 0.3) is 5.91 Å². The van der Waals surface area contributed by atoms with Gasteiger partial charge in [-0.1, -0.05) is 18.2 Å². The van der Waals surface area contributed by atoms with Crippen LogP contribution in [0.2, 0.25) is 0 Å². The first-order valence-electron chi connectivity index (χ1n) is 7.72. The summed E-state index contributed by atoms with van der Waals surface area (Å²) in [5.41, 5.74) is 4.11. The van der Waals surface area contributed by atoms with Gasteiger partial charge in [-0.2, -0.15) is 5.10 Å². The van der Waals surface area contributed by atoms with Crippen LogP contribution in [0.25, 0.3) is 0 Å². The Bertz CT molecular complexity index is 743. The number of hydrogen-bond acceptors (Lipinski definition) is 5. The van der Waals surface area contributed by atoms with E-state index in [1.807, 2.05) is 24.3 Å². The molecule has 2 rings (SSSR count). The fourth-order valence-electron chi connectivity index (χ4n) is 1.98. The maximum Gasteiger partial charge on any atom is 0.289 e. The fourth-order valence-corrected chi connectivity index (χ4v) is 1.98. The summed E-state index contributed by atoms with van der Waals surface area (Å²) < 4.78 is 5.08. The highest BCUT2D eigenvalue weighted by Gasteiger charge is 2.07. The lowest BCUT2D eigenvalue weighted by molar-refractivity contribution is -0.120. The van der Waals surface area contributed by atoms with E-state index in [1.54, 1.807) is 32.2 Å². The molecular weight excluding hydrogens is 320 g/mol. The molecule has 1 aromatic carbocycles. The number of rotatable bonds is 7. The molecule has 7 heteroatoms. The molecule has 7 nitrogen and oxygen atoms in total. The molecule has 2 amide bonds. The third-order valence-corrected chi connectivity index (χ3v) is 3.31. The quantitative estimate of drug-likeness (QED) is 0.595. The molecule has 0 atom stereocenters. The van der Waals surface area contributed by atoms with Crippen LogP contribution in [0.4, 0.5) is 0 Å². The first-order chi connectivity index (χ1) is 12.1. The second-order valence-electron chi connectivity index (χ2n) is 5.30. The van der Waals surface area contributed by atoms with Crippen LogP contribution in [0.5, 0.6) is 5.75 Å². The number of carbonyl (C=O) groups is 2. The first-order valence-corrected chi connectivity index (χ1v) is 7.72. The molecule has 25 heavy (non-hydrogen) atoms. The molecule has 0 bridgehead atoms. The van der Waals surface area contributed by atoms with Crippen LogP contribution in [0.15, 0.2) is 53.8 Å². The van der Waals surface area contributed by atoms with Gasteiger partial charge < -0.3 is 10.1 Å². The number of hydrogen-bond donors (Lipinski definition) is 2. The highest BCUT2D eigenvalue weighted by molar-refractivity contribution is 6.00. The van der Waals surface area contributed by atoms with Gasteiger partial charge in [-0.25, -0.2) is 5.43 Å². The molecule has 0 saturated carbocycles. The van der Waals surface area contributed by atoms with Gasteiger partial charge >= 0.3 is 0 Å². The highest BCUT2D eigenvalue weighted by Crippen LogP contribution is 2.10. The standard InChI is InChI=1S/C18H20N4O3/c1-13(21-22-18(24)16-5-3-4-10-19-16)11-17(23)20-12-14-6-8-15(25-2)9-7-14/h3-10H,11-12H2,1-2H3,(H,20,23)(H,22,24)/b21-13-. The predicted octanol–water partition coefficient (Wildman–Crippen LogP) is 1.90. The molecule has 0 unspecified atom stereocenters. The van der Waals surface area contributed by atoms with E-state index >= 15 is 0 Å². The van der Waals surface area contributed by atoms with Crippen molar-refractivity contribution in [3.63, 3.8) is 0 Å². The first kappa shape index (κ1) is 18.1. The lowest BCUT2D eigenvalue weighted by Crippen LogP contribution is -2.26. The van der Waals surface area contributed by atoms with Gasteiger partial charge in [0.1, 0.15) is 11.4 Å². The van der Waals surface area contributed by atoms with Crippen molar-refractivity contribution in [1.82, 2.24) is 15.7 Å². The molecule has 2 aromatic rings. The van der Waals surface area contributed by atoms with Crippen LogP contribution in [-0.4, -0.2) is 29.6 Å². The number of hydrazone groups is 1. The van der Waals surface area contributed by atoms with Crippen molar-refractivity contribution in [1.29, 1.82) is 0 Å². The molecule has 0 saturated heterocycles. The zero-order valence-electron chi connectivity index (χ0n) is 14.2. The number of pyridine rings is 1. The van der Waals surface area contributed by atoms with Crippen LogP contribution in [-0.2, 0) is 11.3 Å². The fraction of sp³-hybridized carbons (Fsp3) is 0.222. The minimum absolute atomic E-state index is 0.0959. The van der Waals surface area contributed by atoms with Gasteiger partial charge in [-0.3, -0.25) is 14.6 Å². The molecule has 0 aliphatic heterocycles. The number of benzene rings is 1. The van der Waals surface area contributed by atoms with Crippen molar-refractivity contribution in [2.24, 2.45) is 5.10 Å². The van der Waals surface area contributed by atoms with E-state index in [0.29, 0.717) is 12.3 Å². The zero-order valence-corrected chi connectivity index (χ0v) is 14.2. The average molecular weight is 340 g/mol. The number of nitrogens with one attached hydrogen (secondary N) is 2. The Labute approximate surface area is 146 Å². The van der Waals surface area contributed by atoms with Crippen molar-refractivity contribution in [3.05, 3.63) is 59.9 Å². The van der Waals surface area contributed by atoms with Crippen LogP contribution < -0.4 is 15.5 Å². The van der Waals surface area contributed by atoms with Gasteiger partial charge in [0.15, 0.2) is 0 Å². The molecule has 0 aliphatic carbocycles. The summed E-state index contributed by atoms with van der Waals surface area (Å²) in [7, 11) is 1.60. The Balaban J connectivity index is 1.77. The number of amides is 2. The molecule has 0 aliphatic rings. The van der Waals surface area contributed by atoms with E-state index in [1.165, 1.54) is 6.20 Å². The van der Waals surface area contributed by atoms with Crippen molar-refractivity contribution < 1.29 is 14.3 Å². The summed E-state index contributed by atoms with van der Waals surface area (Å²) in [4.78, 5) is 27.7. The van der Waals surface area contributed by atoms with Crippen molar-refractivity contribution in [3.8, 4) is 5.75 Å². The molecule has 0 radical (unpaired) electrons. The second-order valence-corrected chi connectivity index (χ2v) is 5.30. The molecule has 130 valence electrons. The lowest BCUT2D eigenvalue weighted by atomic mass is 10.2.